The molecule has 0 aromatic heterocycles. The molecule has 0 aliphatic heterocycles. The number of nitro benzene ring substituents is 1. The summed E-state index contributed by atoms with van der Waals surface area (Å²) in [5.41, 5.74) is 1.23. The molecule has 118 valence electrons. The van der Waals surface area contributed by atoms with Gasteiger partial charge < -0.3 is 5.11 Å². The Hall–Kier alpha value is -3.02. The summed E-state index contributed by atoms with van der Waals surface area (Å²) in [5.74, 6) is -1.27. The van der Waals surface area contributed by atoms with Gasteiger partial charge in [-0.15, -0.1) is 0 Å². The van der Waals surface area contributed by atoms with Crippen LogP contribution in [0, 0.1) is 10.1 Å². The van der Waals surface area contributed by atoms with E-state index in [1.165, 1.54) is 6.07 Å². The number of nitro groups is 1. The van der Waals surface area contributed by atoms with Gasteiger partial charge in [0.1, 0.15) is 0 Å². The van der Waals surface area contributed by atoms with E-state index in [1.54, 1.807) is 36.4 Å². The maximum atomic E-state index is 12.0. The van der Waals surface area contributed by atoms with E-state index in [1.807, 2.05) is 6.07 Å². The number of carboxylic acids is 1. The smallest absolute Gasteiger partial charge is 0.303 e. The van der Waals surface area contributed by atoms with Crippen LogP contribution in [-0.2, 0) is 4.79 Å². The number of hydrogen-bond acceptors (Lipinski definition) is 4. The van der Waals surface area contributed by atoms with Crippen LogP contribution in [0.5, 0.6) is 0 Å². The monoisotopic (exact) mass is 313 g/mol. The van der Waals surface area contributed by atoms with Crippen molar-refractivity contribution in [3.05, 3.63) is 64.2 Å². The lowest BCUT2D eigenvalue weighted by molar-refractivity contribution is -0.384. The number of rotatable bonds is 7. The third kappa shape index (κ3) is 4.23. The van der Waals surface area contributed by atoms with Gasteiger partial charge in [0.2, 0.25) is 0 Å². The number of nitrogens with zero attached hydrogens (tertiary/aromatic N) is 1. The quantitative estimate of drug-likeness (QED) is 0.477. The zero-order valence-corrected chi connectivity index (χ0v) is 12.3. The van der Waals surface area contributed by atoms with E-state index in [-0.39, 0.29) is 36.3 Å². The Balaban J connectivity index is 2.28. The average Bonchev–Trinajstić information content (AvgIpc) is 2.54. The molecule has 0 aliphatic carbocycles. The molecule has 0 saturated heterocycles. The summed E-state index contributed by atoms with van der Waals surface area (Å²) in [5, 5.41) is 19.9. The van der Waals surface area contributed by atoms with Crippen molar-refractivity contribution in [2.75, 3.05) is 0 Å². The maximum Gasteiger partial charge on any atom is 0.303 e. The molecule has 23 heavy (non-hydrogen) atoms. The van der Waals surface area contributed by atoms with Crippen LogP contribution in [-0.4, -0.2) is 21.8 Å². The van der Waals surface area contributed by atoms with Crippen LogP contribution in [0.2, 0.25) is 0 Å². The normalized spacial score (nSPS) is 10.3. The number of ketones is 1. The van der Waals surface area contributed by atoms with E-state index in [0.717, 1.165) is 0 Å². The highest BCUT2D eigenvalue weighted by Crippen LogP contribution is 2.31. The second kappa shape index (κ2) is 7.31. The first-order valence-electron chi connectivity index (χ1n) is 7.08. The van der Waals surface area contributed by atoms with E-state index in [9.17, 15) is 19.7 Å². The number of carbonyl (C=O) groups excluding carboxylic acids is 1. The van der Waals surface area contributed by atoms with Gasteiger partial charge in [0.15, 0.2) is 5.78 Å². The van der Waals surface area contributed by atoms with Crippen molar-refractivity contribution >= 4 is 17.4 Å². The molecule has 0 unspecified atom stereocenters. The van der Waals surface area contributed by atoms with E-state index >= 15 is 0 Å². The van der Waals surface area contributed by atoms with Crippen molar-refractivity contribution in [2.45, 2.75) is 19.3 Å². The topological polar surface area (TPSA) is 97.5 Å². The van der Waals surface area contributed by atoms with Crippen molar-refractivity contribution < 1.29 is 19.6 Å². The van der Waals surface area contributed by atoms with Crippen molar-refractivity contribution in [3.8, 4) is 11.1 Å². The molecule has 6 nitrogen and oxygen atoms in total. The molecule has 2 aromatic carbocycles. The molecule has 2 aromatic rings. The van der Waals surface area contributed by atoms with E-state index in [2.05, 4.69) is 0 Å². The number of aliphatic carboxylic acids is 1. The van der Waals surface area contributed by atoms with Crippen molar-refractivity contribution in [1.29, 1.82) is 0 Å². The molecule has 0 heterocycles. The molecule has 1 N–H and O–H groups in total. The minimum absolute atomic E-state index is 0.0497. The third-order valence-corrected chi connectivity index (χ3v) is 3.40. The predicted molar refractivity (Wildman–Crippen MR) is 84.3 cm³/mol. The fraction of sp³-hybridized carbons (Fsp3) is 0.176. The van der Waals surface area contributed by atoms with Gasteiger partial charge >= 0.3 is 5.97 Å². The molecule has 0 aliphatic rings. The molecule has 0 atom stereocenters. The van der Waals surface area contributed by atoms with E-state index < -0.39 is 10.9 Å². The Kier molecular flexibility index (Phi) is 5.19. The van der Waals surface area contributed by atoms with Gasteiger partial charge in [-0.05, 0) is 18.1 Å². The van der Waals surface area contributed by atoms with Crippen LogP contribution < -0.4 is 0 Å². The standard InChI is InChI=1S/C17H15NO5/c19-16(7-4-8-17(20)21)13-9-10-14(15(11-13)18(22)23)12-5-2-1-3-6-12/h1-3,5-6,9-11H,4,7-8H2,(H,20,21). The van der Waals surface area contributed by atoms with Gasteiger partial charge in [-0.2, -0.15) is 0 Å². The lowest BCUT2D eigenvalue weighted by atomic mass is 9.98. The van der Waals surface area contributed by atoms with Gasteiger partial charge in [-0.25, -0.2) is 0 Å². The number of carboxylic acid groups (broad SMARTS) is 1. The van der Waals surface area contributed by atoms with Crippen molar-refractivity contribution in [2.24, 2.45) is 0 Å². The maximum absolute atomic E-state index is 12.0. The molecule has 0 spiro atoms. The first kappa shape index (κ1) is 16.4. The minimum atomic E-state index is -0.969. The van der Waals surface area contributed by atoms with Gasteiger partial charge in [0.05, 0.1) is 10.5 Å². The Bertz CT molecular complexity index is 740. The minimum Gasteiger partial charge on any atom is -0.481 e. The van der Waals surface area contributed by atoms with Crippen LogP contribution in [0.1, 0.15) is 29.6 Å². The molecule has 0 radical (unpaired) electrons. The Labute approximate surface area is 132 Å². The number of carbonyl (C=O) groups is 2. The summed E-state index contributed by atoms with van der Waals surface area (Å²) in [4.78, 5) is 33.3. The molecule has 0 saturated carbocycles. The number of hydrogen-bond donors (Lipinski definition) is 1. The predicted octanol–water partition coefficient (Wildman–Crippen LogP) is 3.70. The fourth-order valence-corrected chi connectivity index (χ4v) is 2.26. The summed E-state index contributed by atoms with van der Waals surface area (Å²) in [6, 6.07) is 13.2. The molecule has 0 fully saturated rings. The summed E-state index contributed by atoms with van der Waals surface area (Å²) in [6.07, 6.45) is 0.159. The first-order chi connectivity index (χ1) is 11.0. The summed E-state index contributed by atoms with van der Waals surface area (Å²) in [6.45, 7) is 0. The highest BCUT2D eigenvalue weighted by atomic mass is 16.6. The van der Waals surface area contributed by atoms with Crippen molar-refractivity contribution in [3.63, 3.8) is 0 Å². The lowest BCUT2D eigenvalue weighted by Gasteiger charge is -2.06. The van der Waals surface area contributed by atoms with Gasteiger partial charge in [0.25, 0.3) is 5.69 Å². The van der Waals surface area contributed by atoms with Crippen molar-refractivity contribution in [1.82, 2.24) is 0 Å². The second-order valence-electron chi connectivity index (χ2n) is 5.03. The molecule has 0 bridgehead atoms. The van der Waals surface area contributed by atoms with Crippen LogP contribution in [0.4, 0.5) is 5.69 Å². The van der Waals surface area contributed by atoms with Crippen LogP contribution in [0.15, 0.2) is 48.5 Å². The van der Waals surface area contributed by atoms with E-state index in [0.29, 0.717) is 11.1 Å². The number of Topliss-reactive ketones (excluding diaryl/α,β-unsaturated/α-hetero) is 1. The lowest BCUT2D eigenvalue weighted by Crippen LogP contribution is -2.03. The van der Waals surface area contributed by atoms with Crippen LogP contribution in [0.3, 0.4) is 0 Å². The summed E-state index contributed by atoms with van der Waals surface area (Å²) < 4.78 is 0. The first-order valence-corrected chi connectivity index (χ1v) is 7.08. The number of benzene rings is 2. The summed E-state index contributed by atoms with van der Waals surface area (Å²) >= 11 is 0. The molecular formula is C17H15NO5. The molecule has 0 amide bonds. The second-order valence-corrected chi connectivity index (χ2v) is 5.03. The summed E-state index contributed by atoms with van der Waals surface area (Å²) in [7, 11) is 0. The fourth-order valence-electron chi connectivity index (χ4n) is 2.26. The SMILES string of the molecule is O=C(O)CCCC(=O)c1ccc(-c2ccccc2)c([N+](=O)[O-])c1. The highest BCUT2D eigenvalue weighted by Gasteiger charge is 2.18. The Morgan fingerprint density at radius 1 is 1.04 bits per heavy atom. The zero-order valence-electron chi connectivity index (χ0n) is 12.3. The third-order valence-electron chi connectivity index (χ3n) is 3.40. The average molecular weight is 313 g/mol. The van der Waals surface area contributed by atoms with Crippen LogP contribution in [0.25, 0.3) is 11.1 Å². The van der Waals surface area contributed by atoms with E-state index in [4.69, 9.17) is 5.11 Å². The van der Waals surface area contributed by atoms with Gasteiger partial charge in [-0.3, -0.25) is 19.7 Å². The molecular weight excluding hydrogens is 298 g/mol. The Morgan fingerprint density at radius 2 is 1.74 bits per heavy atom. The highest BCUT2D eigenvalue weighted by molar-refractivity contribution is 5.97. The molecule has 2 rings (SSSR count). The van der Waals surface area contributed by atoms with Gasteiger partial charge in [0, 0.05) is 24.5 Å². The Morgan fingerprint density at radius 3 is 2.35 bits per heavy atom. The molecule has 6 heteroatoms. The van der Waals surface area contributed by atoms with Crippen LogP contribution >= 0.6 is 0 Å². The van der Waals surface area contributed by atoms with Gasteiger partial charge in [-0.1, -0.05) is 36.4 Å². The zero-order chi connectivity index (χ0) is 16.8. The largest absolute Gasteiger partial charge is 0.481 e.